The lowest BCUT2D eigenvalue weighted by Gasteiger charge is -2.11. The fourth-order valence-corrected chi connectivity index (χ4v) is 1.84. The molecule has 1 aromatic heterocycles. The Balaban J connectivity index is 1.63. The Hall–Kier alpha value is -1.17. The minimum Gasteiger partial charge on any atom is -0.489 e. The maximum atomic E-state index is 5.74. The number of pyridine rings is 1. The zero-order valence-electron chi connectivity index (χ0n) is 12.1. The van der Waals surface area contributed by atoms with Gasteiger partial charge in [-0.3, -0.25) is 4.98 Å². The summed E-state index contributed by atoms with van der Waals surface area (Å²) in [5.41, 5.74) is 1.16. The van der Waals surface area contributed by atoms with E-state index in [0.29, 0.717) is 25.9 Å². The van der Waals surface area contributed by atoms with Crippen LogP contribution < -0.4 is 10.1 Å². The van der Waals surface area contributed by atoms with Gasteiger partial charge in [0.25, 0.3) is 0 Å². The van der Waals surface area contributed by atoms with Crippen molar-refractivity contribution in [2.45, 2.75) is 31.8 Å². The molecule has 0 radical (unpaired) electrons. The van der Waals surface area contributed by atoms with E-state index in [0.717, 1.165) is 30.9 Å². The Labute approximate surface area is 120 Å². The van der Waals surface area contributed by atoms with Gasteiger partial charge in [0.1, 0.15) is 12.4 Å². The van der Waals surface area contributed by atoms with Crippen molar-refractivity contribution in [1.29, 1.82) is 0 Å². The summed E-state index contributed by atoms with van der Waals surface area (Å²) in [6.07, 6.45) is 7.07. The Bertz CT molecular complexity index is 383. The van der Waals surface area contributed by atoms with E-state index in [1.807, 2.05) is 6.07 Å². The van der Waals surface area contributed by atoms with E-state index in [4.69, 9.17) is 14.2 Å². The quantitative estimate of drug-likeness (QED) is 0.626. The molecule has 1 aliphatic rings. The third-order valence-corrected chi connectivity index (χ3v) is 3.15. The van der Waals surface area contributed by atoms with Crippen LogP contribution in [0.4, 0.5) is 0 Å². The second-order valence-electron chi connectivity index (χ2n) is 4.95. The summed E-state index contributed by atoms with van der Waals surface area (Å²) in [5.74, 6) is 0.848. The highest BCUT2D eigenvalue weighted by atomic mass is 16.5. The summed E-state index contributed by atoms with van der Waals surface area (Å²) in [6, 6.07) is 2.70. The highest BCUT2D eigenvalue weighted by Gasteiger charge is 2.20. The van der Waals surface area contributed by atoms with Crippen molar-refractivity contribution in [3.8, 4) is 5.75 Å². The number of hydrogen-bond acceptors (Lipinski definition) is 5. The first-order valence-electron chi connectivity index (χ1n) is 7.26. The molecular formula is C15H24N2O3. The molecule has 1 fully saturated rings. The maximum absolute atomic E-state index is 5.74. The summed E-state index contributed by atoms with van der Waals surface area (Å²) < 4.78 is 16.2. The molecule has 1 heterocycles. The predicted molar refractivity (Wildman–Crippen MR) is 76.9 cm³/mol. The van der Waals surface area contributed by atoms with Crippen molar-refractivity contribution in [1.82, 2.24) is 10.3 Å². The van der Waals surface area contributed by atoms with Crippen molar-refractivity contribution in [3.05, 3.63) is 24.0 Å². The normalized spacial score (nSPS) is 14.4. The maximum Gasteiger partial charge on any atom is 0.142 e. The van der Waals surface area contributed by atoms with Crippen LogP contribution >= 0.6 is 0 Å². The zero-order valence-corrected chi connectivity index (χ0v) is 12.1. The van der Waals surface area contributed by atoms with Crippen molar-refractivity contribution in [3.63, 3.8) is 0 Å². The number of ether oxygens (including phenoxy) is 3. The molecule has 0 saturated heterocycles. The first-order chi connectivity index (χ1) is 9.90. The monoisotopic (exact) mass is 280 g/mol. The minimum atomic E-state index is 0.551. The van der Waals surface area contributed by atoms with Crippen LogP contribution in [-0.4, -0.2) is 44.6 Å². The second kappa shape index (κ2) is 8.89. The highest BCUT2D eigenvalue weighted by Crippen LogP contribution is 2.21. The fraction of sp³-hybridized carbons (Fsp3) is 0.667. The van der Waals surface area contributed by atoms with Gasteiger partial charge >= 0.3 is 0 Å². The largest absolute Gasteiger partial charge is 0.489 e. The Morgan fingerprint density at radius 2 is 2.15 bits per heavy atom. The van der Waals surface area contributed by atoms with Crippen LogP contribution in [0.5, 0.6) is 5.75 Å². The SMILES string of the molecule is COCCCOCCOc1cnccc1CNC1CC1. The summed E-state index contributed by atoms with van der Waals surface area (Å²) in [5, 5.41) is 3.49. The Kier molecular flexibility index (Phi) is 6.77. The van der Waals surface area contributed by atoms with Crippen LogP contribution in [0.15, 0.2) is 18.5 Å². The molecular weight excluding hydrogens is 256 g/mol. The number of nitrogens with one attached hydrogen (secondary N) is 1. The molecule has 112 valence electrons. The molecule has 5 nitrogen and oxygen atoms in total. The predicted octanol–water partition coefficient (Wildman–Crippen LogP) is 1.77. The van der Waals surface area contributed by atoms with Gasteiger partial charge in [0.15, 0.2) is 0 Å². The van der Waals surface area contributed by atoms with Gasteiger partial charge in [0, 0.05) is 44.7 Å². The van der Waals surface area contributed by atoms with Crippen LogP contribution in [-0.2, 0) is 16.0 Å². The van der Waals surface area contributed by atoms with Crippen LogP contribution in [0, 0.1) is 0 Å². The fourth-order valence-electron chi connectivity index (χ4n) is 1.84. The lowest BCUT2D eigenvalue weighted by Crippen LogP contribution is -2.17. The molecule has 0 aromatic carbocycles. The van der Waals surface area contributed by atoms with E-state index < -0.39 is 0 Å². The molecule has 5 heteroatoms. The van der Waals surface area contributed by atoms with E-state index in [1.54, 1.807) is 19.5 Å². The van der Waals surface area contributed by atoms with Gasteiger partial charge in [-0.05, 0) is 25.3 Å². The lowest BCUT2D eigenvalue weighted by atomic mass is 10.2. The van der Waals surface area contributed by atoms with E-state index in [2.05, 4.69) is 10.3 Å². The van der Waals surface area contributed by atoms with Crippen LogP contribution in [0.2, 0.25) is 0 Å². The number of hydrogen-bond donors (Lipinski definition) is 1. The van der Waals surface area contributed by atoms with E-state index in [1.165, 1.54) is 12.8 Å². The topological polar surface area (TPSA) is 52.6 Å². The van der Waals surface area contributed by atoms with E-state index in [-0.39, 0.29) is 0 Å². The molecule has 2 rings (SSSR count). The van der Waals surface area contributed by atoms with Gasteiger partial charge in [-0.1, -0.05) is 0 Å². The zero-order chi connectivity index (χ0) is 14.0. The average Bonchev–Trinajstić information content (AvgIpc) is 3.29. The smallest absolute Gasteiger partial charge is 0.142 e. The second-order valence-corrected chi connectivity index (χ2v) is 4.95. The molecule has 0 amide bonds. The van der Waals surface area contributed by atoms with Gasteiger partial charge in [-0.15, -0.1) is 0 Å². The third kappa shape index (κ3) is 5.86. The molecule has 1 saturated carbocycles. The third-order valence-electron chi connectivity index (χ3n) is 3.15. The van der Waals surface area contributed by atoms with Crippen LogP contribution in [0.1, 0.15) is 24.8 Å². The van der Waals surface area contributed by atoms with Crippen molar-refractivity contribution in [2.75, 3.05) is 33.5 Å². The van der Waals surface area contributed by atoms with Crippen molar-refractivity contribution < 1.29 is 14.2 Å². The summed E-state index contributed by atoms with van der Waals surface area (Å²) >= 11 is 0. The van der Waals surface area contributed by atoms with Gasteiger partial charge in [-0.2, -0.15) is 0 Å². The first kappa shape index (κ1) is 15.2. The molecule has 0 unspecified atom stereocenters. The summed E-state index contributed by atoms with van der Waals surface area (Å²) in [6.45, 7) is 3.43. The summed E-state index contributed by atoms with van der Waals surface area (Å²) in [7, 11) is 1.70. The molecule has 1 aliphatic carbocycles. The number of nitrogens with zero attached hydrogens (tertiary/aromatic N) is 1. The van der Waals surface area contributed by atoms with Gasteiger partial charge in [-0.25, -0.2) is 0 Å². The van der Waals surface area contributed by atoms with Crippen LogP contribution in [0.25, 0.3) is 0 Å². The molecule has 1 aromatic rings. The Morgan fingerprint density at radius 3 is 2.95 bits per heavy atom. The van der Waals surface area contributed by atoms with Crippen LogP contribution in [0.3, 0.4) is 0 Å². The van der Waals surface area contributed by atoms with Gasteiger partial charge < -0.3 is 19.5 Å². The molecule has 0 spiro atoms. The Morgan fingerprint density at radius 1 is 1.25 bits per heavy atom. The molecule has 0 atom stereocenters. The van der Waals surface area contributed by atoms with Crippen molar-refractivity contribution >= 4 is 0 Å². The van der Waals surface area contributed by atoms with E-state index >= 15 is 0 Å². The summed E-state index contributed by atoms with van der Waals surface area (Å²) in [4.78, 5) is 4.12. The molecule has 1 N–H and O–H groups in total. The first-order valence-corrected chi connectivity index (χ1v) is 7.26. The number of rotatable bonds is 11. The number of aromatic nitrogens is 1. The lowest BCUT2D eigenvalue weighted by molar-refractivity contribution is 0.0803. The average molecular weight is 280 g/mol. The molecule has 0 aliphatic heterocycles. The van der Waals surface area contributed by atoms with E-state index in [9.17, 15) is 0 Å². The highest BCUT2D eigenvalue weighted by molar-refractivity contribution is 5.29. The standard InChI is InChI=1S/C15H24N2O3/c1-18-7-2-8-19-9-10-20-15-12-16-6-5-13(15)11-17-14-3-4-14/h5-6,12,14,17H,2-4,7-11H2,1H3. The van der Waals surface area contributed by atoms with Crippen molar-refractivity contribution in [2.24, 2.45) is 0 Å². The number of methoxy groups -OCH3 is 1. The minimum absolute atomic E-state index is 0.551. The van der Waals surface area contributed by atoms with Gasteiger partial charge in [0.2, 0.25) is 0 Å². The van der Waals surface area contributed by atoms with Gasteiger partial charge in [0.05, 0.1) is 12.8 Å². The molecule has 20 heavy (non-hydrogen) atoms. The molecule has 0 bridgehead atoms.